The lowest BCUT2D eigenvalue weighted by Crippen LogP contribution is -2.28. The fraction of sp³-hybridized carbons (Fsp3) is 0.167. The van der Waals surface area contributed by atoms with Crippen LogP contribution in [0.25, 0.3) is 11.0 Å². The minimum absolute atomic E-state index is 0.127. The molecule has 4 aromatic rings. The zero-order chi connectivity index (χ0) is 21.1. The Morgan fingerprint density at radius 1 is 1.07 bits per heavy atom. The van der Waals surface area contributed by atoms with Crippen LogP contribution in [0.4, 0.5) is 0 Å². The van der Waals surface area contributed by atoms with Crippen LogP contribution in [0.2, 0.25) is 0 Å². The minimum Gasteiger partial charge on any atom is -0.497 e. The number of fused-ring (bicyclic) bond motifs is 1. The topological polar surface area (TPSA) is 56.1 Å². The summed E-state index contributed by atoms with van der Waals surface area (Å²) >= 11 is 3.40. The van der Waals surface area contributed by atoms with E-state index in [1.165, 1.54) is 0 Å². The highest BCUT2D eigenvalue weighted by Gasteiger charge is 2.19. The molecule has 0 saturated carbocycles. The number of nitrogens with one attached hydrogen (secondary N) is 1. The van der Waals surface area contributed by atoms with E-state index in [1.807, 2.05) is 61.5 Å². The van der Waals surface area contributed by atoms with Crippen LogP contribution in [-0.2, 0) is 6.54 Å². The summed E-state index contributed by atoms with van der Waals surface area (Å²) in [5, 5.41) is 3.08. The van der Waals surface area contributed by atoms with Gasteiger partial charge in [-0.1, -0.05) is 40.2 Å². The SMILES string of the molecule is COc1ccc(Cn2c(C(C)NC(=O)c3ccc(Br)cc3)nc3ccccc32)cc1. The molecule has 1 aromatic heterocycles. The van der Waals surface area contributed by atoms with Crippen molar-refractivity contribution in [3.05, 3.63) is 94.2 Å². The Morgan fingerprint density at radius 2 is 1.77 bits per heavy atom. The van der Waals surface area contributed by atoms with Crippen LogP contribution in [0.3, 0.4) is 0 Å². The molecule has 152 valence electrons. The number of nitrogens with zero attached hydrogens (tertiary/aromatic N) is 2. The van der Waals surface area contributed by atoms with Crippen molar-refractivity contribution in [3.8, 4) is 5.75 Å². The first-order valence-corrected chi connectivity index (χ1v) is 10.5. The monoisotopic (exact) mass is 463 g/mol. The predicted octanol–water partition coefficient (Wildman–Crippen LogP) is 5.35. The van der Waals surface area contributed by atoms with Crippen molar-refractivity contribution in [3.63, 3.8) is 0 Å². The van der Waals surface area contributed by atoms with Gasteiger partial charge >= 0.3 is 0 Å². The molecule has 1 N–H and O–H groups in total. The second-order valence-electron chi connectivity index (χ2n) is 7.09. The molecule has 1 unspecified atom stereocenters. The van der Waals surface area contributed by atoms with Crippen LogP contribution < -0.4 is 10.1 Å². The van der Waals surface area contributed by atoms with Crippen LogP contribution in [0, 0.1) is 0 Å². The molecular formula is C24H22BrN3O2. The van der Waals surface area contributed by atoms with Gasteiger partial charge in [-0.2, -0.15) is 0 Å². The van der Waals surface area contributed by atoms with Crippen LogP contribution >= 0.6 is 15.9 Å². The smallest absolute Gasteiger partial charge is 0.251 e. The third-order valence-electron chi connectivity index (χ3n) is 5.03. The second kappa shape index (κ2) is 8.71. The molecule has 5 nitrogen and oxygen atoms in total. The highest BCUT2D eigenvalue weighted by Crippen LogP contribution is 2.23. The Bertz CT molecular complexity index is 1170. The number of hydrogen-bond acceptors (Lipinski definition) is 3. The summed E-state index contributed by atoms with van der Waals surface area (Å²) in [6.45, 7) is 2.61. The van der Waals surface area contributed by atoms with E-state index >= 15 is 0 Å². The molecule has 0 aliphatic rings. The highest BCUT2D eigenvalue weighted by molar-refractivity contribution is 9.10. The molecule has 1 atom stereocenters. The van der Waals surface area contributed by atoms with Gasteiger partial charge in [-0.3, -0.25) is 4.79 Å². The normalized spacial score (nSPS) is 12.0. The summed E-state index contributed by atoms with van der Waals surface area (Å²) < 4.78 is 8.35. The second-order valence-corrected chi connectivity index (χ2v) is 8.01. The predicted molar refractivity (Wildman–Crippen MR) is 122 cm³/mol. The Hall–Kier alpha value is -3.12. The van der Waals surface area contributed by atoms with Crippen molar-refractivity contribution in [1.29, 1.82) is 0 Å². The lowest BCUT2D eigenvalue weighted by molar-refractivity contribution is 0.0937. The van der Waals surface area contributed by atoms with Crippen molar-refractivity contribution in [1.82, 2.24) is 14.9 Å². The number of methoxy groups -OCH3 is 1. The molecule has 0 saturated heterocycles. The molecule has 0 aliphatic carbocycles. The van der Waals surface area contributed by atoms with Gasteiger partial charge in [-0.25, -0.2) is 4.98 Å². The molecule has 0 aliphatic heterocycles. The quantitative estimate of drug-likeness (QED) is 0.419. The maximum absolute atomic E-state index is 12.7. The number of amides is 1. The van der Waals surface area contributed by atoms with E-state index in [2.05, 4.69) is 31.9 Å². The van der Waals surface area contributed by atoms with Gasteiger partial charge in [0.05, 0.1) is 24.2 Å². The van der Waals surface area contributed by atoms with E-state index in [-0.39, 0.29) is 11.9 Å². The fourth-order valence-corrected chi connectivity index (χ4v) is 3.71. The molecule has 0 radical (unpaired) electrons. The lowest BCUT2D eigenvalue weighted by Gasteiger charge is -2.17. The van der Waals surface area contributed by atoms with Crippen LogP contribution in [0.1, 0.15) is 34.7 Å². The molecule has 0 fully saturated rings. The van der Waals surface area contributed by atoms with Crippen molar-refractivity contribution in [2.75, 3.05) is 7.11 Å². The number of benzene rings is 3. The molecule has 0 spiro atoms. The summed E-state index contributed by atoms with van der Waals surface area (Å²) in [6.07, 6.45) is 0. The Morgan fingerprint density at radius 3 is 2.47 bits per heavy atom. The first kappa shape index (κ1) is 20.2. The van der Waals surface area contributed by atoms with Crippen LogP contribution in [-0.4, -0.2) is 22.6 Å². The summed E-state index contributed by atoms with van der Waals surface area (Å²) in [5.74, 6) is 1.51. The molecule has 1 amide bonds. The molecule has 30 heavy (non-hydrogen) atoms. The summed E-state index contributed by atoms with van der Waals surface area (Å²) in [7, 11) is 1.66. The van der Waals surface area contributed by atoms with Crippen LogP contribution in [0.15, 0.2) is 77.3 Å². The van der Waals surface area contributed by atoms with E-state index < -0.39 is 0 Å². The number of carbonyl (C=O) groups excluding carboxylic acids is 1. The fourth-order valence-electron chi connectivity index (χ4n) is 3.45. The van der Waals surface area contributed by atoms with Crippen molar-refractivity contribution >= 4 is 32.9 Å². The average Bonchev–Trinajstić information content (AvgIpc) is 3.13. The van der Waals surface area contributed by atoms with Gasteiger partial charge in [0, 0.05) is 16.6 Å². The zero-order valence-electron chi connectivity index (χ0n) is 16.8. The lowest BCUT2D eigenvalue weighted by atomic mass is 10.2. The minimum atomic E-state index is -0.258. The number of para-hydroxylation sites is 2. The first-order valence-electron chi connectivity index (χ1n) is 9.69. The molecule has 0 bridgehead atoms. The first-order chi connectivity index (χ1) is 14.5. The molecule has 3 aromatic carbocycles. The summed E-state index contributed by atoms with van der Waals surface area (Å²) in [6, 6.07) is 23.1. The van der Waals surface area contributed by atoms with Gasteiger partial charge in [-0.05, 0) is 61.0 Å². The largest absolute Gasteiger partial charge is 0.497 e. The molecule has 6 heteroatoms. The molecule has 4 rings (SSSR count). The van der Waals surface area contributed by atoms with E-state index in [0.29, 0.717) is 12.1 Å². The third-order valence-corrected chi connectivity index (χ3v) is 5.55. The van der Waals surface area contributed by atoms with E-state index in [1.54, 1.807) is 19.2 Å². The number of carbonyl (C=O) groups is 1. The van der Waals surface area contributed by atoms with Gasteiger partial charge in [0.15, 0.2) is 0 Å². The zero-order valence-corrected chi connectivity index (χ0v) is 18.4. The third kappa shape index (κ3) is 4.24. The van der Waals surface area contributed by atoms with Crippen molar-refractivity contribution in [2.24, 2.45) is 0 Å². The van der Waals surface area contributed by atoms with Gasteiger partial charge < -0.3 is 14.6 Å². The Labute approximate surface area is 183 Å². The van der Waals surface area contributed by atoms with E-state index in [4.69, 9.17) is 9.72 Å². The summed E-state index contributed by atoms with van der Waals surface area (Å²) in [4.78, 5) is 17.5. The number of imidazole rings is 1. The van der Waals surface area contributed by atoms with Gasteiger partial charge in [0.25, 0.3) is 5.91 Å². The van der Waals surface area contributed by atoms with Crippen molar-refractivity contribution < 1.29 is 9.53 Å². The standard InChI is InChI=1S/C24H22BrN3O2/c1-16(26-24(29)18-9-11-19(25)12-10-18)23-27-21-5-3-4-6-22(21)28(23)15-17-7-13-20(30-2)14-8-17/h3-14,16H,15H2,1-2H3,(H,26,29). The van der Waals surface area contributed by atoms with Gasteiger partial charge in [-0.15, -0.1) is 0 Å². The Kier molecular flexibility index (Phi) is 5.86. The Balaban J connectivity index is 1.64. The number of halogens is 1. The van der Waals surface area contributed by atoms with Gasteiger partial charge in [0.2, 0.25) is 0 Å². The van der Waals surface area contributed by atoms with E-state index in [9.17, 15) is 4.79 Å². The number of rotatable bonds is 6. The van der Waals surface area contributed by atoms with E-state index in [0.717, 1.165) is 32.6 Å². The average molecular weight is 464 g/mol. The highest BCUT2D eigenvalue weighted by atomic mass is 79.9. The molecule has 1 heterocycles. The maximum Gasteiger partial charge on any atom is 0.251 e. The molecular weight excluding hydrogens is 442 g/mol. The number of ether oxygens (including phenoxy) is 1. The number of hydrogen-bond donors (Lipinski definition) is 1. The van der Waals surface area contributed by atoms with Gasteiger partial charge in [0.1, 0.15) is 11.6 Å². The summed E-state index contributed by atoms with van der Waals surface area (Å²) in [5.41, 5.74) is 3.69. The van der Waals surface area contributed by atoms with Crippen LogP contribution in [0.5, 0.6) is 5.75 Å². The maximum atomic E-state index is 12.7. The van der Waals surface area contributed by atoms with Crippen molar-refractivity contribution in [2.45, 2.75) is 19.5 Å². The number of aromatic nitrogens is 2.